The molecule has 0 bridgehead atoms. The molecular weight excluding hydrogens is 230 g/mol. The number of carbonyl (C=O) groups excluding carboxylic acids is 1. The van der Waals surface area contributed by atoms with Crippen LogP contribution in [0.4, 0.5) is 0 Å². The van der Waals surface area contributed by atoms with Crippen molar-refractivity contribution in [1.29, 1.82) is 5.26 Å². The summed E-state index contributed by atoms with van der Waals surface area (Å²) < 4.78 is 0. The fraction of sp³-hybridized carbons (Fsp3) is 0. The molecule has 0 radical (unpaired) electrons. The second-order valence-corrected chi connectivity index (χ2v) is 4.23. The topological polar surface area (TPSA) is 40.9 Å². The number of thiophene rings is 1. The van der Waals surface area contributed by atoms with Crippen LogP contribution in [0.5, 0.6) is 0 Å². The zero-order valence-electron chi connectivity index (χ0n) is 8.96. The first-order valence-corrected chi connectivity index (χ1v) is 5.98. The van der Waals surface area contributed by atoms with E-state index in [9.17, 15) is 4.79 Å². The van der Waals surface area contributed by atoms with Crippen LogP contribution in [0, 0.1) is 11.3 Å². The highest BCUT2D eigenvalue weighted by atomic mass is 32.1. The predicted octanol–water partition coefficient (Wildman–Crippen LogP) is 3.52. The maximum atomic E-state index is 11.8. The Hall–Kier alpha value is -2.18. The molecule has 2 nitrogen and oxygen atoms in total. The molecule has 0 saturated carbocycles. The summed E-state index contributed by atoms with van der Waals surface area (Å²) in [6, 6.07) is 10.7. The first-order chi connectivity index (χ1) is 8.29. The molecule has 0 atom stereocenters. The number of benzene rings is 1. The van der Waals surface area contributed by atoms with Gasteiger partial charge in [0.15, 0.2) is 5.78 Å². The van der Waals surface area contributed by atoms with Crippen LogP contribution in [0.3, 0.4) is 0 Å². The zero-order chi connectivity index (χ0) is 12.1. The molecule has 2 rings (SSSR count). The summed E-state index contributed by atoms with van der Waals surface area (Å²) >= 11 is 1.59. The van der Waals surface area contributed by atoms with E-state index < -0.39 is 0 Å². The van der Waals surface area contributed by atoms with Crippen molar-refractivity contribution in [2.24, 2.45) is 0 Å². The maximum Gasteiger partial charge on any atom is 0.185 e. The van der Waals surface area contributed by atoms with Gasteiger partial charge in [0.25, 0.3) is 0 Å². The van der Waals surface area contributed by atoms with Crippen LogP contribution < -0.4 is 0 Å². The third-order valence-electron chi connectivity index (χ3n) is 2.25. The lowest BCUT2D eigenvalue weighted by Gasteiger charge is -1.95. The third kappa shape index (κ3) is 2.90. The second-order valence-electron chi connectivity index (χ2n) is 3.45. The molecule has 3 heteroatoms. The van der Waals surface area contributed by atoms with Crippen molar-refractivity contribution >= 4 is 23.2 Å². The minimum Gasteiger partial charge on any atom is -0.289 e. The fourth-order valence-corrected chi connectivity index (χ4v) is 2.01. The molecule has 0 aliphatic heterocycles. The van der Waals surface area contributed by atoms with E-state index in [1.54, 1.807) is 41.7 Å². The molecular formula is C14H9NOS. The summed E-state index contributed by atoms with van der Waals surface area (Å²) in [5, 5.41) is 12.7. The highest BCUT2D eigenvalue weighted by Crippen LogP contribution is 2.10. The van der Waals surface area contributed by atoms with Gasteiger partial charge in [0.1, 0.15) is 0 Å². The van der Waals surface area contributed by atoms with Crippen LogP contribution in [0.25, 0.3) is 6.08 Å². The van der Waals surface area contributed by atoms with Gasteiger partial charge in [-0.2, -0.15) is 16.6 Å². The zero-order valence-corrected chi connectivity index (χ0v) is 9.78. The molecule has 0 unspecified atom stereocenters. The quantitative estimate of drug-likeness (QED) is 0.607. The normalized spacial score (nSPS) is 10.3. The summed E-state index contributed by atoms with van der Waals surface area (Å²) in [6.45, 7) is 0. The molecule has 0 aliphatic rings. The number of allylic oxidation sites excluding steroid dienone is 1. The molecule has 0 amide bonds. The Morgan fingerprint density at radius 3 is 2.94 bits per heavy atom. The number of hydrogen-bond acceptors (Lipinski definition) is 3. The van der Waals surface area contributed by atoms with Crippen molar-refractivity contribution in [2.75, 3.05) is 0 Å². The molecule has 0 fully saturated rings. The van der Waals surface area contributed by atoms with Crippen molar-refractivity contribution in [1.82, 2.24) is 0 Å². The Kier molecular flexibility index (Phi) is 3.49. The summed E-state index contributed by atoms with van der Waals surface area (Å²) in [7, 11) is 0. The van der Waals surface area contributed by atoms with Crippen molar-refractivity contribution in [3.05, 3.63) is 63.9 Å². The van der Waals surface area contributed by atoms with E-state index >= 15 is 0 Å². The highest BCUT2D eigenvalue weighted by Gasteiger charge is 2.02. The van der Waals surface area contributed by atoms with E-state index in [0.717, 1.165) is 5.56 Å². The average molecular weight is 239 g/mol. The van der Waals surface area contributed by atoms with Crippen LogP contribution in [0.2, 0.25) is 0 Å². The fourth-order valence-electron chi connectivity index (χ4n) is 1.38. The minimum absolute atomic E-state index is 0.0895. The van der Waals surface area contributed by atoms with Crippen molar-refractivity contribution < 1.29 is 4.79 Å². The Morgan fingerprint density at radius 1 is 1.35 bits per heavy atom. The van der Waals surface area contributed by atoms with Crippen LogP contribution in [0.15, 0.2) is 47.2 Å². The lowest BCUT2D eigenvalue weighted by atomic mass is 10.1. The Morgan fingerprint density at radius 2 is 2.24 bits per heavy atom. The number of rotatable bonds is 3. The Bertz CT molecular complexity index is 591. The minimum atomic E-state index is -0.0895. The average Bonchev–Trinajstić information content (AvgIpc) is 2.89. The molecule has 0 aliphatic carbocycles. The van der Waals surface area contributed by atoms with Gasteiger partial charge < -0.3 is 0 Å². The van der Waals surface area contributed by atoms with Crippen LogP contribution in [-0.4, -0.2) is 5.78 Å². The number of carbonyl (C=O) groups is 1. The van der Waals surface area contributed by atoms with E-state index in [4.69, 9.17) is 5.26 Å². The van der Waals surface area contributed by atoms with Crippen molar-refractivity contribution in [3.63, 3.8) is 0 Å². The Balaban J connectivity index is 2.18. The summed E-state index contributed by atoms with van der Waals surface area (Å²) in [5.74, 6) is -0.0895. The van der Waals surface area contributed by atoms with Gasteiger partial charge in [0.2, 0.25) is 0 Å². The molecule has 2 aromatic rings. The van der Waals surface area contributed by atoms with E-state index in [0.29, 0.717) is 11.1 Å². The van der Waals surface area contributed by atoms with E-state index in [-0.39, 0.29) is 5.78 Å². The third-order valence-corrected chi connectivity index (χ3v) is 2.95. The molecule has 0 spiro atoms. The molecule has 1 aromatic heterocycles. The number of hydrogen-bond donors (Lipinski definition) is 0. The smallest absolute Gasteiger partial charge is 0.185 e. The van der Waals surface area contributed by atoms with Crippen molar-refractivity contribution in [2.45, 2.75) is 0 Å². The van der Waals surface area contributed by atoms with Crippen LogP contribution >= 0.6 is 11.3 Å². The van der Waals surface area contributed by atoms with E-state index in [1.807, 2.05) is 22.9 Å². The van der Waals surface area contributed by atoms with Gasteiger partial charge >= 0.3 is 0 Å². The number of ketones is 1. The van der Waals surface area contributed by atoms with Gasteiger partial charge in [-0.25, -0.2) is 0 Å². The first-order valence-electron chi connectivity index (χ1n) is 5.04. The molecule has 1 heterocycles. The van der Waals surface area contributed by atoms with E-state index in [1.165, 1.54) is 6.08 Å². The largest absolute Gasteiger partial charge is 0.289 e. The maximum absolute atomic E-state index is 11.8. The summed E-state index contributed by atoms with van der Waals surface area (Å²) in [5.41, 5.74) is 2.05. The lowest BCUT2D eigenvalue weighted by molar-refractivity contribution is 0.104. The molecule has 0 saturated heterocycles. The van der Waals surface area contributed by atoms with Crippen molar-refractivity contribution in [3.8, 4) is 6.07 Å². The highest BCUT2D eigenvalue weighted by molar-refractivity contribution is 7.08. The molecule has 17 heavy (non-hydrogen) atoms. The molecule has 82 valence electrons. The number of nitrogens with zero attached hydrogens (tertiary/aromatic N) is 1. The van der Waals surface area contributed by atoms with Gasteiger partial charge in [-0.05, 0) is 40.6 Å². The molecule has 0 N–H and O–H groups in total. The Labute approximate surface area is 103 Å². The van der Waals surface area contributed by atoms with Crippen LogP contribution in [-0.2, 0) is 0 Å². The SMILES string of the molecule is N#Cc1cccc(C(=O)/C=C/c2ccsc2)c1. The van der Waals surface area contributed by atoms with Gasteiger partial charge in [-0.15, -0.1) is 0 Å². The van der Waals surface area contributed by atoms with Gasteiger partial charge in [-0.1, -0.05) is 18.2 Å². The van der Waals surface area contributed by atoms with Gasteiger partial charge in [0, 0.05) is 5.56 Å². The van der Waals surface area contributed by atoms with Crippen LogP contribution in [0.1, 0.15) is 21.5 Å². The standard InChI is InChI=1S/C14H9NOS/c15-9-12-2-1-3-13(8-12)14(16)5-4-11-6-7-17-10-11/h1-8,10H/b5-4+. The van der Waals surface area contributed by atoms with E-state index in [2.05, 4.69) is 0 Å². The monoisotopic (exact) mass is 239 g/mol. The van der Waals surface area contributed by atoms with Gasteiger partial charge in [0.05, 0.1) is 11.6 Å². The van der Waals surface area contributed by atoms with Gasteiger partial charge in [-0.3, -0.25) is 4.79 Å². The summed E-state index contributed by atoms with van der Waals surface area (Å²) in [6.07, 6.45) is 3.30. The molecule has 1 aromatic carbocycles. The predicted molar refractivity (Wildman–Crippen MR) is 68.8 cm³/mol. The first kappa shape index (κ1) is 11.3. The second kappa shape index (κ2) is 5.24. The lowest BCUT2D eigenvalue weighted by Crippen LogP contribution is -1.94. The number of nitriles is 1. The summed E-state index contributed by atoms with van der Waals surface area (Å²) in [4.78, 5) is 11.8.